The summed E-state index contributed by atoms with van der Waals surface area (Å²) in [5.74, 6) is 0. The van der Waals surface area contributed by atoms with E-state index in [0.717, 1.165) is 28.9 Å². The fraction of sp³-hybridized carbons (Fsp3) is 0.412. The molecule has 2 aromatic heterocycles. The van der Waals surface area contributed by atoms with Gasteiger partial charge in [0.1, 0.15) is 0 Å². The maximum atomic E-state index is 12.0. The summed E-state index contributed by atoms with van der Waals surface area (Å²) in [5.41, 5.74) is -1.21. The van der Waals surface area contributed by atoms with Gasteiger partial charge >= 0.3 is 6.09 Å². The molecule has 0 aliphatic rings. The molecule has 0 unspecified atom stereocenters. The number of carbonyl (C=O) groups excluding carboxylic acids is 1. The van der Waals surface area contributed by atoms with Crippen molar-refractivity contribution in [3.8, 4) is 0 Å². The van der Waals surface area contributed by atoms with E-state index in [-0.39, 0.29) is 0 Å². The Labute approximate surface area is 149 Å². The molecule has 2 N–H and O–H groups in total. The van der Waals surface area contributed by atoms with Gasteiger partial charge in [0.15, 0.2) is 11.9 Å². The zero-order valence-corrected chi connectivity index (χ0v) is 15.2. The van der Waals surface area contributed by atoms with Crippen molar-refractivity contribution in [1.82, 2.24) is 10.2 Å². The molecule has 0 spiro atoms. The van der Waals surface area contributed by atoms with E-state index >= 15 is 0 Å². The lowest BCUT2D eigenvalue weighted by Crippen LogP contribution is -2.61. The maximum absolute atomic E-state index is 12.0. The number of hydrogen-bond acceptors (Lipinski definition) is 5. The van der Waals surface area contributed by atoms with Crippen molar-refractivity contribution in [2.45, 2.75) is 44.9 Å². The molecule has 2 rings (SSSR count). The van der Waals surface area contributed by atoms with E-state index in [1.165, 1.54) is 0 Å². The largest absolute Gasteiger partial charge is 0.465 e. The molecule has 0 radical (unpaired) electrons. The second-order valence-corrected chi connectivity index (χ2v) is 7.66. The van der Waals surface area contributed by atoms with Gasteiger partial charge in [-0.1, -0.05) is 25.5 Å². The van der Waals surface area contributed by atoms with Gasteiger partial charge in [0.25, 0.3) is 0 Å². The fourth-order valence-corrected chi connectivity index (χ4v) is 4.05. The van der Waals surface area contributed by atoms with E-state index in [2.05, 4.69) is 5.32 Å². The van der Waals surface area contributed by atoms with Crippen molar-refractivity contribution in [2.24, 2.45) is 0 Å². The molecule has 0 saturated carbocycles. The standard InChI is InChI=1S/C17H22N2O3S2/c1-2-3-8-17(13-20,18-16(21)22)19(11-14-6-4-9-23-14)12-15-7-5-10-24-15/h4-7,9-10,13,18H,2-3,8,11-12H2,1H3,(H,21,22)/t17-/m0/s1. The Morgan fingerprint density at radius 2 is 1.83 bits per heavy atom. The van der Waals surface area contributed by atoms with Crippen LogP contribution in [0, 0.1) is 0 Å². The number of nitrogens with zero attached hydrogens (tertiary/aromatic N) is 1. The fourth-order valence-electron chi connectivity index (χ4n) is 2.61. The minimum atomic E-state index is -1.21. The van der Waals surface area contributed by atoms with Gasteiger partial charge in [-0.05, 0) is 35.7 Å². The molecule has 0 fully saturated rings. The smallest absolute Gasteiger partial charge is 0.406 e. The summed E-state index contributed by atoms with van der Waals surface area (Å²) in [5, 5.41) is 15.7. The van der Waals surface area contributed by atoms with Crippen LogP contribution in [0.15, 0.2) is 35.0 Å². The second kappa shape index (κ2) is 8.96. The molecule has 5 nitrogen and oxygen atoms in total. The third-order valence-electron chi connectivity index (χ3n) is 3.85. The average molecular weight is 367 g/mol. The molecule has 0 bridgehead atoms. The Balaban J connectivity index is 2.33. The number of rotatable bonds is 10. The zero-order chi connectivity index (χ0) is 17.4. The molecule has 1 amide bonds. The molecule has 0 aromatic carbocycles. The van der Waals surface area contributed by atoms with E-state index in [1.807, 2.05) is 46.8 Å². The van der Waals surface area contributed by atoms with Crippen molar-refractivity contribution >= 4 is 35.1 Å². The van der Waals surface area contributed by atoms with Crippen LogP contribution in [0.5, 0.6) is 0 Å². The minimum Gasteiger partial charge on any atom is -0.465 e. The molecule has 2 aromatic rings. The summed E-state index contributed by atoms with van der Waals surface area (Å²) >= 11 is 3.21. The van der Waals surface area contributed by atoms with Crippen LogP contribution in [-0.2, 0) is 17.9 Å². The van der Waals surface area contributed by atoms with Gasteiger partial charge in [-0.3, -0.25) is 15.0 Å². The lowest BCUT2D eigenvalue weighted by molar-refractivity contribution is -0.122. The summed E-state index contributed by atoms with van der Waals surface area (Å²) in [6, 6.07) is 7.93. The normalized spacial score (nSPS) is 13.6. The molecule has 7 heteroatoms. The summed E-state index contributed by atoms with van der Waals surface area (Å²) in [7, 11) is 0. The first-order valence-electron chi connectivity index (χ1n) is 7.87. The molecule has 130 valence electrons. The van der Waals surface area contributed by atoms with E-state index in [0.29, 0.717) is 19.5 Å². The van der Waals surface area contributed by atoms with Crippen LogP contribution in [-0.4, -0.2) is 28.0 Å². The van der Waals surface area contributed by atoms with Crippen LogP contribution < -0.4 is 5.32 Å². The molecule has 0 aliphatic heterocycles. The maximum Gasteiger partial charge on any atom is 0.406 e. The summed E-state index contributed by atoms with van der Waals surface area (Å²) in [6.07, 6.45) is 1.68. The topological polar surface area (TPSA) is 69.6 Å². The van der Waals surface area contributed by atoms with Gasteiger partial charge in [0.2, 0.25) is 0 Å². The van der Waals surface area contributed by atoms with Gasteiger partial charge in [-0.15, -0.1) is 22.7 Å². The van der Waals surface area contributed by atoms with Crippen LogP contribution in [0.25, 0.3) is 0 Å². The molecule has 0 saturated heterocycles. The van der Waals surface area contributed by atoms with E-state index in [4.69, 9.17) is 0 Å². The second-order valence-electron chi connectivity index (χ2n) is 5.59. The highest BCUT2D eigenvalue weighted by molar-refractivity contribution is 7.10. The van der Waals surface area contributed by atoms with Crippen LogP contribution >= 0.6 is 22.7 Å². The van der Waals surface area contributed by atoms with Crippen LogP contribution in [0.3, 0.4) is 0 Å². The number of carbonyl (C=O) groups is 2. The highest BCUT2D eigenvalue weighted by atomic mass is 32.1. The number of amides is 1. The Morgan fingerprint density at radius 3 is 2.21 bits per heavy atom. The molecule has 0 aliphatic carbocycles. The minimum absolute atomic E-state index is 0.454. The van der Waals surface area contributed by atoms with Gasteiger partial charge in [0, 0.05) is 22.8 Å². The van der Waals surface area contributed by atoms with Crippen LogP contribution in [0.1, 0.15) is 35.9 Å². The summed E-state index contributed by atoms with van der Waals surface area (Å²) in [4.78, 5) is 27.5. The number of carboxylic acid groups (broad SMARTS) is 1. The first-order valence-corrected chi connectivity index (χ1v) is 9.63. The SMILES string of the molecule is CCCC[C@](C=O)(NC(=O)O)N(Cc1cccs1)Cc1cccs1. The Kier molecular flexibility index (Phi) is 6.96. The number of hydrogen-bond donors (Lipinski definition) is 2. The van der Waals surface area contributed by atoms with Gasteiger partial charge in [-0.25, -0.2) is 4.79 Å². The average Bonchev–Trinajstić information content (AvgIpc) is 3.24. The van der Waals surface area contributed by atoms with Crippen molar-refractivity contribution in [3.63, 3.8) is 0 Å². The summed E-state index contributed by atoms with van der Waals surface area (Å²) in [6.45, 7) is 3.08. The molecule has 24 heavy (non-hydrogen) atoms. The quantitative estimate of drug-likeness (QED) is 0.489. The number of nitrogens with one attached hydrogen (secondary N) is 1. The van der Waals surface area contributed by atoms with E-state index < -0.39 is 11.8 Å². The monoisotopic (exact) mass is 366 g/mol. The number of thiophene rings is 2. The molecular formula is C17H22N2O3S2. The van der Waals surface area contributed by atoms with E-state index in [9.17, 15) is 14.7 Å². The first-order chi connectivity index (χ1) is 11.6. The lowest BCUT2D eigenvalue weighted by atomic mass is 10.0. The van der Waals surface area contributed by atoms with Crippen molar-refractivity contribution in [1.29, 1.82) is 0 Å². The van der Waals surface area contributed by atoms with Gasteiger partial charge in [-0.2, -0.15) is 0 Å². The van der Waals surface area contributed by atoms with Crippen molar-refractivity contribution in [2.75, 3.05) is 0 Å². The number of aldehydes is 1. The van der Waals surface area contributed by atoms with Gasteiger partial charge in [0.05, 0.1) is 0 Å². The van der Waals surface area contributed by atoms with E-state index in [1.54, 1.807) is 22.7 Å². The highest BCUT2D eigenvalue weighted by Gasteiger charge is 2.38. The van der Waals surface area contributed by atoms with Crippen molar-refractivity contribution < 1.29 is 14.7 Å². The van der Waals surface area contributed by atoms with Crippen LogP contribution in [0.4, 0.5) is 4.79 Å². The third kappa shape index (κ3) is 4.90. The molecular weight excluding hydrogens is 344 g/mol. The predicted octanol–water partition coefficient (Wildman–Crippen LogP) is 4.16. The highest BCUT2D eigenvalue weighted by Crippen LogP contribution is 2.26. The van der Waals surface area contributed by atoms with Crippen molar-refractivity contribution in [3.05, 3.63) is 44.8 Å². The third-order valence-corrected chi connectivity index (χ3v) is 5.57. The van der Waals surface area contributed by atoms with Crippen LogP contribution in [0.2, 0.25) is 0 Å². The summed E-state index contributed by atoms with van der Waals surface area (Å²) < 4.78 is 0. The molecule has 1 atom stereocenters. The number of unbranched alkanes of at least 4 members (excludes halogenated alkanes) is 1. The first kappa shape index (κ1) is 18.6. The Bertz CT molecular complexity index is 592. The zero-order valence-electron chi connectivity index (χ0n) is 13.6. The lowest BCUT2D eigenvalue weighted by Gasteiger charge is -2.39. The Morgan fingerprint density at radius 1 is 1.25 bits per heavy atom. The van der Waals surface area contributed by atoms with Gasteiger partial charge < -0.3 is 5.11 Å². The Hall–Kier alpha value is -1.70. The molecule has 2 heterocycles. The predicted molar refractivity (Wildman–Crippen MR) is 97.4 cm³/mol.